The number of ether oxygens (including phenoxy) is 1. The summed E-state index contributed by atoms with van der Waals surface area (Å²) in [6.07, 6.45) is 0.616. The van der Waals surface area contributed by atoms with Crippen molar-refractivity contribution in [1.29, 1.82) is 0 Å². The fraction of sp³-hybridized carbons (Fsp3) is 0.417. The number of hydrogen-bond donors (Lipinski definition) is 2. The van der Waals surface area contributed by atoms with Crippen LogP contribution in [0.25, 0.3) is 0 Å². The van der Waals surface area contributed by atoms with E-state index in [1.54, 1.807) is 6.92 Å². The molecule has 0 radical (unpaired) electrons. The molecule has 92 valence electrons. The van der Waals surface area contributed by atoms with Crippen molar-refractivity contribution in [2.24, 2.45) is 5.73 Å². The van der Waals surface area contributed by atoms with Gasteiger partial charge in [0.15, 0.2) is 0 Å². The smallest absolute Gasteiger partial charge is 0.244 e. The maximum absolute atomic E-state index is 13.7. The molecule has 0 fully saturated rings. The molecule has 1 heterocycles. The molecule has 0 aromatic heterocycles. The molecule has 1 aromatic rings. The van der Waals surface area contributed by atoms with Gasteiger partial charge in [-0.1, -0.05) is 6.92 Å². The van der Waals surface area contributed by atoms with Gasteiger partial charge in [0, 0.05) is 6.07 Å². The molecule has 0 aliphatic carbocycles. The van der Waals surface area contributed by atoms with Gasteiger partial charge in [-0.05, 0) is 24.5 Å². The second-order valence-corrected chi connectivity index (χ2v) is 4.10. The second kappa shape index (κ2) is 4.33. The van der Waals surface area contributed by atoms with Crippen molar-refractivity contribution in [3.05, 3.63) is 23.0 Å². The van der Waals surface area contributed by atoms with Gasteiger partial charge in [0.1, 0.15) is 24.2 Å². The molecule has 17 heavy (non-hydrogen) atoms. The van der Waals surface area contributed by atoms with Crippen LogP contribution in [-0.2, 0) is 11.2 Å². The Balaban J connectivity index is 2.57. The van der Waals surface area contributed by atoms with E-state index in [1.807, 2.05) is 6.92 Å². The molecular formula is C12H15FN2O2. The van der Waals surface area contributed by atoms with E-state index in [4.69, 9.17) is 10.5 Å². The van der Waals surface area contributed by atoms with Crippen LogP contribution in [0.1, 0.15) is 18.1 Å². The summed E-state index contributed by atoms with van der Waals surface area (Å²) in [4.78, 5) is 11.6. The van der Waals surface area contributed by atoms with Crippen LogP contribution in [0.15, 0.2) is 6.07 Å². The predicted octanol–water partition coefficient (Wildman–Crippen LogP) is 1.35. The number of halogens is 1. The zero-order chi connectivity index (χ0) is 12.6. The Morgan fingerprint density at radius 3 is 3.00 bits per heavy atom. The zero-order valence-electron chi connectivity index (χ0n) is 9.84. The molecule has 0 spiro atoms. The van der Waals surface area contributed by atoms with Crippen LogP contribution in [0.5, 0.6) is 5.75 Å². The average molecular weight is 238 g/mol. The maximum atomic E-state index is 13.7. The van der Waals surface area contributed by atoms with E-state index < -0.39 is 6.04 Å². The molecule has 5 heteroatoms. The van der Waals surface area contributed by atoms with Gasteiger partial charge >= 0.3 is 0 Å². The standard InChI is InChI=1S/C12H15FN2O2/c1-3-7-6(2)8(13)4-10-11(7)15-12(16)9(14)5-17-10/h4,9H,3,5,14H2,1-2H3,(H,15,16)/t9-/m0/s1. The topological polar surface area (TPSA) is 64.4 Å². The number of benzene rings is 1. The lowest BCUT2D eigenvalue weighted by molar-refractivity contribution is -0.117. The van der Waals surface area contributed by atoms with E-state index in [1.165, 1.54) is 6.07 Å². The Morgan fingerprint density at radius 2 is 2.35 bits per heavy atom. The lowest BCUT2D eigenvalue weighted by Gasteiger charge is -2.14. The molecule has 0 bridgehead atoms. The van der Waals surface area contributed by atoms with Crippen molar-refractivity contribution in [3.8, 4) is 5.75 Å². The van der Waals surface area contributed by atoms with Crippen molar-refractivity contribution in [1.82, 2.24) is 0 Å². The Kier molecular flexibility index (Phi) is 3.02. The Bertz CT molecular complexity index is 474. The van der Waals surface area contributed by atoms with E-state index in [-0.39, 0.29) is 18.3 Å². The first-order valence-corrected chi connectivity index (χ1v) is 5.55. The molecule has 1 aromatic carbocycles. The Morgan fingerprint density at radius 1 is 1.65 bits per heavy atom. The van der Waals surface area contributed by atoms with Crippen molar-refractivity contribution in [2.45, 2.75) is 26.3 Å². The normalized spacial score (nSPS) is 19.1. The SMILES string of the molecule is CCc1c(C)c(F)cc2c1NC(=O)[C@@H](N)CO2. The van der Waals surface area contributed by atoms with Crippen LogP contribution < -0.4 is 15.8 Å². The van der Waals surface area contributed by atoms with E-state index in [9.17, 15) is 9.18 Å². The van der Waals surface area contributed by atoms with Gasteiger partial charge < -0.3 is 15.8 Å². The van der Waals surface area contributed by atoms with Crippen molar-refractivity contribution < 1.29 is 13.9 Å². The summed E-state index contributed by atoms with van der Waals surface area (Å²) in [5.41, 5.74) is 7.43. The summed E-state index contributed by atoms with van der Waals surface area (Å²) >= 11 is 0. The third-order valence-corrected chi connectivity index (χ3v) is 2.97. The first-order chi connectivity index (χ1) is 8.04. The van der Waals surface area contributed by atoms with E-state index in [0.717, 1.165) is 5.56 Å². The zero-order valence-corrected chi connectivity index (χ0v) is 9.84. The third kappa shape index (κ3) is 1.98. The quantitative estimate of drug-likeness (QED) is 0.776. The van der Waals surface area contributed by atoms with Gasteiger partial charge in [-0.2, -0.15) is 0 Å². The molecule has 2 rings (SSSR count). The van der Waals surface area contributed by atoms with Gasteiger partial charge in [-0.25, -0.2) is 4.39 Å². The number of rotatable bonds is 1. The minimum Gasteiger partial charge on any atom is -0.489 e. The lowest BCUT2D eigenvalue weighted by atomic mass is 10.0. The fourth-order valence-electron chi connectivity index (χ4n) is 1.94. The van der Waals surface area contributed by atoms with E-state index >= 15 is 0 Å². The van der Waals surface area contributed by atoms with Crippen LogP contribution >= 0.6 is 0 Å². The highest BCUT2D eigenvalue weighted by Crippen LogP contribution is 2.34. The minimum atomic E-state index is -0.726. The second-order valence-electron chi connectivity index (χ2n) is 4.10. The summed E-state index contributed by atoms with van der Waals surface area (Å²) in [5.74, 6) is -0.277. The molecule has 3 N–H and O–H groups in total. The monoisotopic (exact) mass is 238 g/mol. The lowest BCUT2D eigenvalue weighted by Crippen LogP contribution is -2.38. The Hall–Kier alpha value is -1.62. The minimum absolute atomic E-state index is 0.0600. The van der Waals surface area contributed by atoms with Crippen LogP contribution in [0, 0.1) is 12.7 Å². The number of fused-ring (bicyclic) bond motifs is 1. The molecular weight excluding hydrogens is 223 g/mol. The van der Waals surface area contributed by atoms with Crippen molar-refractivity contribution in [3.63, 3.8) is 0 Å². The molecule has 0 unspecified atom stereocenters. The van der Waals surface area contributed by atoms with Crippen LogP contribution in [0.2, 0.25) is 0 Å². The van der Waals surface area contributed by atoms with Gasteiger partial charge in [-0.15, -0.1) is 0 Å². The molecule has 1 amide bonds. The predicted molar refractivity (Wildman–Crippen MR) is 62.6 cm³/mol. The van der Waals surface area contributed by atoms with Crippen LogP contribution in [0.4, 0.5) is 10.1 Å². The summed E-state index contributed by atoms with van der Waals surface area (Å²) in [7, 11) is 0. The molecule has 1 aliphatic heterocycles. The highest BCUT2D eigenvalue weighted by atomic mass is 19.1. The molecule has 1 aliphatic rings. The highest BCUT2D eigenvalue weighted by Gasteiger charge is 2.25. The number of hydrogen-bond acceptors (Lipinski definition) is 3. The first kappa shape index (κ1) is 11.9. The molecule has 4 nitrogen and oxygen atoms in total. The summed E-state index contributed by atoms with van der Waals surface area (Å²) in [6, 6.07) is 0.567. The van der Waals surface area contributed by atoms with Crippen LogP contribution in [0.3, 0.4) is 0 Å². The third-order valence-electron chi connectivity index (χ3n) is 2.97. The number of carbonyl (C=O) groups is 1. The van der Waals surface area contributed by atoms with Gasteiger partial charge in [0.05, 0.1) is 5.69 Å². The highest BCUT2D eigenvalue weighted by molar-refractivity contribution is 5.97. The van der Waals surface area contributed by atoms with Crippen molar-refractivity contribution in [2.75, 3.05) is 11.9 Å². The summed E-state index contributed by atoms with van der Waals surface area (Å²) in [5, 5.41) is 2.70. The number of nitrogens with two attached hydrogens (primary N) is 1. The first-order valence-electron chi connectivity index (χ1n) is 5.55. The van der Waals surface area contributed by atoms with Gasteiger partial charge in [0.25, 0.3) is 0 Å². The molecule has 0 saturated heterocycles. The largest absolute Gasteiger partial charge is 0.489 e. The maximum Gasteiger partial charge on any atom is 0.244 e. The van der Waals surface area contributed by atoms with Gasteiger partial charge in [-0.3, -0.25) is 4.79 Å². The molecule has 0 saturated carbocycles. The average Bonchev–Trinajstić information content (AvgIpc) is 2.43. The van der Waals surface area contributed by atoms with E-state index in [0.29, 0.717) is 23.4 Å². The van der Waals surface area contributed by atoms with E-state index in [2.05, 4.69) is 5.32 Å². The Labute approximate surface area is 98.9 Å². The number of anilines is 1. The fourth-order valence-corrected chi connectivity index (χ4v) is 1.94. The van der Waals surface area contributed by atoms with Crippen molar-refractivity contribution >= 4 is 11.6 Å². The van der Waals surface area contributed by atoms with Crippen LogP contribution in [-0.4, -0.2) is 18.6 Å². The number of carbonyl (C=O) groups excluding carboxylic acids is 1. The number of amides is 1. The number of nitrogens with one attached hydrogen (secondary N) is 1. The summed E-state index contributed by atoms with van der Waals surface area (Å²) in [6.45, 7) is 3.65. The molecule has 1 atom stereocenters. The summed E-state index contributed by atoms with van der Waals surface area (Å²) < 4.78 is 19.0. The van der Waals surface area contributed by atoms with Gasteiger partial charge in [0.2, 0.25) is 5.91 Å².